The summed E-state index contributed by atoms with van der Waals surface area (Å²) in [4.78, 5) is 21.1. The summed E-state index contributed by atoms with van der Waals surface area (Å²) in [6.07, 6.45) is 0.302. The van der Waals surface area contributed by atoms with Gasteiger partial charge >= 0.3 is 5.97 Å². The fourth-order valence-electron chi connectivity index (χ4n) is 1.66. The molecule has 1 amide bonds. The van der Waals surface area contributed by atoms with E-state index >= 15 is 0 Å². The molecule has 0 aromatic heterocycles. The van der Waals surface area contributed by atoms with E-state index in [2.05, 4.69) is 5.32 Å². The molecule has 2 N–H and O–H groups in total. The minimum absolute atomic E-state index is 0.156. The highest BCUT2D eigenvalue weighted by molar-refractivity contribution is 5.68. The average Bonchev–Trinajstić information content (AvgIpc) is 2.74. The van der Waals surface area contributed by atoms with E-state index in [9.17, 15) is 9.59 Å². The zero-order valence-electron chi connectivity index (χ0n) is 8.88. The molecule has 0 unspecified atom stereocenters. The molecule has 6 nitrogen and oxygen atoms in total. The van der Waals surface area contributed by atoms with Gasteiger partial charge in [0.25, 0.3) is 0 Å². The molecule has 0 radical (unpaired) electrons. The van der Waals surface area contributed by atoms with Crippen molar-refractivity contribution >= 4 is 12.4 Å². The number of amides is 1. The van der Waals surface area contributed by atoms with E-state index in [4.69, 9.17) is 14.6 Å². The molecule has 1 aromatic carbocycles. The first kappa shape index (κ1) is 11.3. The molecule has 0 spiro atoms. The molecule has 1 aromatic rings. The van der Waals surface area contributed by atoms with E-state index < -0.39 is 12.0 Å². The van der Waals surface area contributed by atoms with E-state index in [1.54, 1.807) is 18.2 Å². The van der Waals surface area contributed by atoms with Crippen LogP contribution >= 0.6 is 0 Å². The molecule has 90 valence electrons. The lowest BCUT2D eigenvalue weighted by molar-refractivity contribution is -0.137. The summed E-state index contributed by atoms with van der Waals surface area (Å²) in [5.74, 6) is 0.196. The molecule has 17 heavy (non-hydrogen) atoms. The lowest BCUT2D eigenvalue weighted by Crippen LogP contribution is -2.22. The lowest BCUT2D eigenvalue weighted by atomic mass is 10.0. The third kappa shape index (κ3) is 2.47. The summed E-state index contributed by atoms with van der Waals surface area (Å²) in [7, 11) is 0. The second kappa shape index (κ2) is 4.73. The van der Waals surface area contributed by atoms with E-state index in [1.807, 2.05) is 0 Å². The summed E-state index contributed by atoms with van der Waals surface area (Å²) in [6, 6.07) is 4.50. The second-order valence-electron chi connectivity index (χ2n) is 3.55. The van der Waals surface area contributed by atoms with Gasteiger partial charge in [0.15, 0.2) is 11.5 Å². The molecule has 1 aliphatic rings. The molecule has 0 saturated heterocycles. The van der Waals surface area contributed by atoms with Gasteiger partial charge in [0, 0.05) is 0 Å². The molecular formula is C11H11NO5. The van der Waals surface area contributed by atoms with E-state index in [0.717, 1.165) is 0 Å². The van der Waals surface area contributed by atoms with Crippen LogP contribution in [0, 0.1) is 0 Å². The highest BCUT2D eigenvalue weighted by Crippen LogP contribution is 2.34. The molecule has 0 aliphatic carbocycles. The van der Waals surface area contributed by atoms with Gasteiger partial charge in [-0.3, -0.25) is 9.59 Å². The first-order valence-electron chi connectivity index (χ1n) is 5.01. The number of nitrogens with one attached hydrogen (secondary N) is 1. The van der Waals surface area contributed by atoms with Crippen LogP contribution < -0.4 is 14.8 Å². The Morgan fingerprint density at radius 2 is 2.24 bits per heavy atom. The maximum Gasteiger partial charge on any atom is 0.305 e. The van der Waals surface area contributed by atoms with Crippen molar-refractivity contribution < 1.29 is 24.2 Å². The minimum Gasteiger partial charge on any atom is -0.481 e. The Bertz CT molecular complexity index is 445. The van der Waals surface area contributed by atoms with Crippen LogP contribution in [0.25, 0.3) is 0 Å². The van der Waals surface area contributed by atoms with Crippen molar-refractivity contribution in [3.63, 3.8) is 0 Å². The van der Waals surface area contributed by atoms with Crippen LogP contribution in [-0.4, -0.2) is 24.3 Å². The number of aliphatic carboxylic acids is 1. The molecule has 6 heteroatoms. The summed E-state index contributed by atoms with van der Waals surface area (Å²) >= 11 is 0. The average molecular weight is 237 g/mol. The van der Waals surface area contributed by atoms with Crippen LogP contribution in [0.3, 0.4) is 0 Å². The molecule has 0 bridgehead atoms. The number of carboxylic acid groups (broad SMARTS) is 1. The van der Waals surface area contributed by atoms with Crippen molar-refractivity contribution in [2.75, 3.05) is 6.79 Å². The summed E-state index contributed by atoms with van der Waals surface area (Å²) in [6.45, 7) is 0.156. The SMILES string of the molecule is O=CN[C@H](CC(=O)O)c1ccc2c(c1)OCO2. The molecular weight excluding hydrogens is 226 g/mol. The fourth-order valence-corrected chi connectivity index (χ4v) is 1.66. The Morgan fingerprint density at radius 3 is 2.94 bits per heavy atom. The van der Waals surface area contributed by atoms with Gasteiger partial charge in [0.05, 0.1) is 12.5 Å². The number of benzene rings is 1. The van der Waals surface area contributed by atoms with Gasteiger partial charge in [-0.25, -0.2) is 0 Å². The highest BCUT2D eigenvalue weighted by atomic mass is 16.7. The van der Waals surface area contributed by atoms with Gasteiger partial charge in [0.1, 0.15) is 0 Å². The Balaban J connectivity index is 2.23. The monoisotopic (exact) mass is 237 g/mol. The van der Waals surface area contributed by atoms with Crippen LogP contribution in [0.5, 0.6) is 11.5 Å². The molecule has 1 heterocycles. The van der Waals surface area contributed by atoms with E-state index in [-0.39, 0.29) is 13.2 Å². The minimum atomic E-state index is -0.984. The molecule has 2 rings (SSSR count). The predicted octanol–water partition coefficient (Wildman–Crippen LogP) is 0.677. The smallest absolute Gasteiger partial charge is 0.305 e. The molecule has 1 aliphatic heterocycles. The van der Waals surface area contributed by atoms with Gasteiger partial charge in [-0.05, 0) is 17.7 Å². The van der Waals surface area contributed by atoms with Gasteiger partial charge in [-0.2, -0.15) is 0 Å². The van der Waals surface area contributed by atoms with Gasteiger partial charge in [-0.1, -0.05) is 6.07 Å². The number of ether oxygens (including phenoxy) is 2. The van der Waals surface area contributed by atoms with Crippen molar-refractivity contribution in [3.8, 4) is 11.5 Å². The van der Waals surface area contributed by atoms with Gasteiger partial charge < -0.3 is 19.9 Å². The maximum absolute atomic E-state index is 10.7. The maximum atomic E-state index is 10.7. The number of fused-ring (bicyclic) bond motifs is 1. The van der Waals surface area contributed by atoms with Crippen LogP contribution in [0.1, 0.15) is 18.0 Å². The Labute approximate surface area is 97.1 Å². The van der Waals surface area contributed by atoms with Crippen LogP contribution in [-0.2, 0) is 9.59 Å². The van der Waals surface area contributed by atoms with Crippen LogP contribution in [0.2, 0.25) is 0 Å². The van der Waals surface area contributed by atoms with Crippen LogP contribution in [0.4, 0.5) is 0 Å². The summed E-state index contributed by atoms with van der Waals surface area (Å²) in [5.41, 5.74) is 0.670. The first-order valence-corrected chi connectivity index (χ1v) is 5.01. The largest absolute Gasteiger partial charge is 0.481 e. The Hall–Kier alpha value is -2.24. The van der Waals surface area contributed by atoms with Crippen LogP contribution in [0.15, 0.2) is 18.2 Å². The quantitative estimate of drug-likeness (QED) is 0.735. The number of carbonyl (C=O) groups is 2. The fraction of sp³-hybridized carbons (Fsp3) is 0.273. The molecule has 0 saturated carbocycles. The number of rotatable bonds is 5. The normalized spacial score (nSPS) is 14.1. The highest BCUT2D eigenvalue weighted by Gasteiger charge is 2.19. The molecule has 0 fully saturated rings. The lowest BCUT2D eigenvalue weighted by Gasteiger charge is -2.14. The topological polar surface area (TPSA) is 84.9 Å². The van der Waals surface area contributed by atoms with E-state index in [1.165, 1.54) is 0 Å². The second-order valence-corrected chi connectivity index (χ2v) is 3.55. The zero-order chi connectivity index (χ0) is 12.3. The number of hydrogen-bond donors (Lipinski definition) is 2. The summed E-state index contributed by atoms with van der Waals surface area (Å²) < 4.78 is 10.3. The van der Waals surface area contributed by atoms with Crippen molar-refractivity contribution in [1.29, 1.82) is 0 Å². The predicted molar refractivity (Wildman–Crippen MR) is 56.8 cm³/mol. The number of hydrogen-bond acceptors (Lipinski definition) is 4. The summed E-state index contributed by atoms with van der Waals surface area (Å²) in [5, 5.41) is 11.2. The van der Waals surface area contributed by atoms with Crippen molar-refractivity contribution in [2.24, 2.45) is 0 Å². The zero-order valence-corrected chi connectivity index (χ0v) is 8.88. The first-order chi connectivity index (χ1) is 8.20. The van der Waals surface area contributed by atoms with Crippen molar-refractivity contribution in [1.82, 2.24) is 5.32 Å². The van der Waals surface area contributed by atoms with Crippen molar-refractivity contribution in [2.45, 2.75) is 12.5 Å². The Kier molecular flexibility index (Phi) is 3.13. The number of carbonyl (C=O) groups excluding carboxylic acids is 1. The Morgan fingerprint density at radius 1 is 1.47 bits per heavy atom. The van der Waals surface area contributed by atoms with Gasteiger partial charge in [-0.15, -0.1) is 0 Å². The molecule has 1 atom stereocenters. The standard InChI is InChI=1S/C11H11NO5/c13-5-12-8(4-11(14)15)7-1-2-9-10(3-7)17-6-16-9/h1-3,5,8H,4,6H2,(H,12,13)(H,14,15)/t8-/m1/s1. The van der Waals surface area contributed by atoms with Gasteiger partial charge in [0.2, 0.25) is 13.2 Å². The third-order valence-electron chi connectivity index (χ3n) is 2.45. The third-order valence-corrected chi connectivity index (χ3v) is 2.45. The van der Waals surface area contributed by atoms with Crippen molar-refractivity contribution in [3.05, 3.63) is 23.8 Å². The number of carboxylic acids is 1. The van der Waals surface area contributed by atoms with E-state index in [0.29, 0.717) is 23.5 Å².